The monoisotopic (exact) mass is 283 g/mol. The lowest BCUT2D eigenvalue weighted by Crippen LogP contribution is -2.20. The van der Waals surface area contributed by atoms with Crippen LogP contribution in [0.4, 0.5) is 5.69 Å². The molecule has 1 aromatic carbocycles. The molecule has 1 N–H and O–H groups in total. The van der Waals surface area contributed by atoms with Crippen LogP contribution in [0, 0.1) is 5.92 Å². The molecule has 0 heterocycles. The molecular weight excluding hydrogens is 266 g/mol. The molecule has 2 nitrogen and oxygen atoms in total. The van der Waals surface area contributed by atoms with Gasteiger partial charge in [-0.25, -0.2) is 0 Å². The van der Waals surface area contributed by atoms with E-state index in [9.17, 15) is 0 Å². The highest BCUT2D eigenvalue weighted by Gasteiger charge is 2.29. The molecule has 1 aromatic rings. The second kappa shape index (κ2) is 5.09. The summed E-state index contributed by atoms with van der Waals surface area (Å²) in [5.41, 5.74) is 1.14. The van der Waals surface area contributed by atoms with Crippen molar-refractivity contribution in [1.29, 1.82) is 0 Å². The number of ether oxygens (including phenoxy) is 1. The number of halogens is 1. The molecule has 16 heavy (non-hydrogen) atoms. The van der Waals surface area contributed by atoms with E-state index in [-0.39, 0.29) is 0 Å². The minimum Gasteiger partial charge on any atom is -0.497 e. The highest BCUT2D eigenvalue weighted by Crippen LogP contribution is 2.36. The van der Waals surface area contributed by atoms with E-state index < -0.39 is 0 Å². The van der Waals surface area contributed by atoms with E-state index in [0.717, 1.165) is 21.8 Å². The first-order valence-corrected chi connectivity index (χ1v) is 6.63. The van der Waals surface area contributed by atoms with Crippen LogP contribution in [0.25, 0.3) is 0 Å². The maximum atomic E-state index is 5.26. The summed E-state index contributed by atoms with van der Waals surface area (Å²) in [5, 5.41) is 3.60. The molecule has 1 saturated carbocycles. The molecule has 0 spiro atoms. The van der Waals surface area contributed by atoms with Gasteiger partial charge < -0.3 is 10.1 Å². The van der Waals surface area contributed by atoms with Crippen molar-refractivity contribution in [3.8, 4) is 5.75 Å². The molecule has 88 valence electrons. The molecule has 0 radical (unpaired) electrons. The first kappa shape index (κ1) is 11.8. The Morgan fingerprint density at radius 1 is 1.44 bits per heavy atom. The smallest absolute Gasteiger partial charge is 0.122 e. The highest BCUT2D eigenvalue weighted by atomic mass is 79.9. The average Bonchev–Trinajstić information content (AvgIpc) is 3.09. The number of methoxy groups -OCH3 is 1. The summed E-state index contributed by atoms with van der Waals surface area (Å²) in [7, 11) is 1.70. The summed E-state index contributed by atoms with van der Waals surface area (Å²) < 4.78 is 6.31. The van der Waals surface area contributed by atoms with Gasteiger partial charge in [-0.1, -0.05) is 22.9 Å². The predicted molar refractivity (Wildman–Crippen MR) is 71.1 cm³/mol. The summed E-state index contributed by atoms with van der Waals surface area (Å²) >= 11 is 3.50. The molecule has 0 bridgehead atoms. The Morgan fingerprint density at radius 3 is 2.75 bits per heavy atom. The first-order valence-electron chi connectivity index (χ1n) is 5.84. The molecule has 1 atom stereocenters. The number of hydrogen-bond donors (Lipinski definition) is 1. The van der Waals surface area contributed by atoms with Gasteiger partial charge in [0.05, 0.1) is 7.11 Å². The van der Waals surface area contributed by atoms with Gasteiger partial charge in [-0.05, 0) is 37.3 Å². The van der Waals surface area contributed by atoms with Crippen LogP contribution >= 0.6 is 15.9 Å². The Bertz CT molecular complexity index is 363. The van der Waals surface area contributed by atoms with Crippen LogP contribution < -0.4 is 10.1 Å². The quantitative estimate of drug-likeness (QED) is 0.880. The van der Waals surface area contributed by atoms with Crippen LogP contribution in [0.15, 0.2) is 22.7 Å². The molecule has 1 aliphatic carbocycles. The molecule has 0 aliphatic heterocycles. The average molecular weight is 284 g/mol. The fourth-order valence-electron chi connectivity index (χ4n) is 2.03. The molecular formula is C13H18BrNO. The third-order valence-electron chi connectivity index (χ3n) is 3.09. The summed E-state index contributed by atoms with van der Waals surface area (Å²) in [6, 6.07) is 6.74. The zero-order chi connectivity index (χ0) is 11.5. The van der Waals surface area contributed by atoms with Gasteiger partial charge in [0.15, 0.2) is 0 Å². The van der Waals surface area contributed by atoms with Crippen LogP contribution in [-0.4, -0.2) is 13.2 Å². The van der Waals surface area contributed by atoms with Crippen molar-refractivity contribution >= 4 is 21.6 Å². The third-order valence-corrected chi connectivity index (χ3v) is 3.55. The lowest BCUT2D eigenvalue weighted by molar-refractivity contribution is 0.414. The molecule has 0 saturated heterocycles. The molecule has 2 rings (SSSR count). The van der Waals surface area contributed by atoms with Gasteiger partial charge in [0.2, 0.25) is 0 Å². The maximum Gasteiger partial charge on any atom is 0.122 e. The fraction of sp³-hybridized carbons (Fsp3) is 0.538. The fourth-order valence-corrected chi connectivity index (χ4v) is 2.50. The van der Waals surface area contributed by atoms with E-state index >= 15 is 0 Å². The van der Waals surface area contributed by atoms with Gasteiger partial charge in [-0.2, -0.15) is 0 Å². The summed E-state index contributed by atoms with van der Waals surface area (Å²) in [4.78, 5) is 0. The second-order valence-corrected chi connectivity index (χ2v) is 5.29. The minimum atomic E-state index is 0.610. The molecule has 1 aliphatic rings. The van der Waals surface area contributed by atoms with Crippen LogP contribution in [-0.2, 0) is 0 Å². The van der Waals surface area contributed by atoms with E-state index in [0.29, 0.717) is 6.04 Å². The van der Waals surface area contributed by atoms with Gasteiger partial charge in [0.25, 0.3) is 0 Å². The first-order chi connectivity index (χ1) is 7.72. The topological polar surface area (TPSA) is 21.3 Å². The minimum absolute atomic E-state index is 0.610. The largest absolute Gasteiger partial charge is 0.497 e. The Kier molecular flexibility index (Phi) is 3.74. The number of nitrogens with one attached hydrogen (secondary N) is 1. The maximum absolute atomic E-state index is 5.26. The van der Waals surface area contributed by atoms with Crippen LogP contribution in [0.5, 0.6) is 5.75 Å². The molecule has 1 fully saturated rings. The Hall–Kier alpha value is -0.700. The Labute approximate surface area is 106 Å². The third kappa shape index (κ3) is 2.91. The zero-order valence-corrected chi connectivity index (χ0v) is 11.4. The SMILES string of the molecule is CCC(Nc1cc(Br)cc(OC)c1)C1CC1. The van der Waals surface area contributed by atoms with Gasteiger partial charge in [0, 0.05) is 22.3 Å². The lowest BCUT2D eigenvalue weighted by Gasteiger charge is -2.18. The summed E-state index contributed by atoms with van der Waals surface area (Å²) in [6.45, 7) is 2.24. The van der Waals surface area contributed by atoms with Crippen molar-refractivity contribution in [2.75, 3.05) is 12.4 Å². The number of anilines is 1. The van der Waals surface area contributed by atoms with Crippen molar-refractivity contribution in [2.45, 2.75) is 32.2 Å². The van der Waals surface area contributed by atoms with Crippen LogP contribution in [0.2, 0.25) is 0 Å². The normalized spacial score (nSPS) is 16.9. The Balaban J connectivity index is 2.09. The van der Waals surface area contributed by atoms with Crippen LogP contribution in [0.3, 0.4) is 0 Å². The highest BCUT2D eigenvalue weighted by molar-refractivity contribution is 9.10. The van der Waals surface area contributed by atoms with Gasteiger partial charge in [0.1, 0.15) is 5.75 Å². The van der Waals surface area contributed by atoms with Crippen molar-refractivity contribution in [3.05, 3.63) is 22.7 Å². The molecule has 3 heteroatoms. The van der Waals surface area contributed by atoms with E-state index in [2.05, 4.69) is 40.3 Å². The second-order valence-electron chi connectivity index (χ2n) is 4.38. The van der Waals surface area contributed by atoms with E-state index in [4.69, 9.17) is 4.74 Å². The summed E-state index contributed by atoms with van der Waals surface area (Å²) in [5.74, 6) is 1.76. The van der Waals surface area contributed by atoms with E-state index in [1.807, 2.05) is 6.07 Å². The summed E-state index contributed by atoms with van der Waals surface area (Å²) in [6.07, 6.45) is 3.92. The van der Waals surface area contributed by atoms with Crippen LogP contribution in [0.1, 0.15) is 26.2 Å². The number of benzene rings is 1. The lowest BCUT2D eigenvalue weighted by atomic mass is 10.1. The Morgan fingerprint density at radius 2 is 2.19 bits per heavy atom. The van der Waals surface area contributed by atoms with Gasteiger partial charge in [-0.15, -0.1) is 0 Å². The predicted octanol–water partition coefficient (Wildman–Crippen LogP) is 4.06. The standard InChI is InChI=1S/C13H18BrNO/c1-3-13(9-4-5-9)15-11-6-10(14)7-12(8-11)16-2/h6-9,13,15H,3-5H2,1-2H3. The van der Waals surface area contributed by atoms with E-state index in [1.165, 1.54) is 19.3 Å². The molecule has 1 unspecified atom stereocenters. The van der Waals surface area contributed by atoms with Gasteiger partial charge in [-0.3, -0.25) is 0 Å². The number of hydrogen-bond acceptors (Lipinski definition) is 2. The van der Waals surface area contributed by atoms with Crippen molar-refractivity contribution in [3.63, 3.8) is 0 Å². The van der Waals surface area contributed by atoms with Crippen molar-refractivity contribution in [2.24, 2.45) is 5.92 Å². The number of rotatable bonds is 5. The van der Waals surface area contributed by atoms with E-state index in [1.54, 1.807) is 7.11 Å². The van der Waals surface area contributed by atoms with Crippen molar-refractivity contribution < 1.29 is 4.74 Å². The van der Waals surface area contributed by atoms with Crippen molar-refractivity contribution in [1.82, 2.24) is 0 Å². The molecule has 0 amide bonds. The zero-order valence-electron chi connectivity index (χ0n) is 9.79. The molecule has 0 aromatic heterocycles. The van der Waals surface area contributed by atoms with Gasteiger partial charge >= 0.3 is 0 Å².